The molecule has 1 aliphatic carbocycles. The van der Waals surface area contributed by atoms with Crippen LogP contribution in [0.2, 0.25) is 0 Å². The quantitative estimate of drug-likeness (QED) is 0.577. The van der Waals surface area contributed by atoms with Gasteiger partial charge in [-0.2, -0.15) is 0 Å². The summed E-state index contributed by atoms with van der Waals surface area (Å²) in [6, 6.07) is 11.4. The first-order valence-corrected chi connectivity index (χ1v) is 7.60. The van der Waals surface area contributed by atoms with Gasteiger partial charge in [-0.25, -0.2) is 0 Å². The highest BCUT2D eigenvalue weighted by Gasteiger charge is 2.32. The van der Waals surface area contributed by atoms with E-state index in [4.69, 9.17) is 4.42 Å². The number of fused-ring (bicyclic) bond motifs is 1. The summed E-state index contributed by atoms with van der Waals surface area (Å²) in [6.07, 6.45) is 5.74. The Hall–Kier alpha value is -2.88. The van der Waals surface area contributed by atoms with Gasteiger partial charge in [0.2, 0.25) is 0 Å². The Kier molecular flexibility index (Phi) is 3.23. The molecule has 0 amide bonds. The Morgan fingerprint density at radius 1 is 1.04 bits per heavy atom. The van der Waals surface area contributed by atoms with E-state index in [2.05, 4.69) is 4.98 Å². The number of hydrogen-bond donors (Lipinski definition) is 1. The summed E-state index contributed by atoms with van der Waals surface area (Å²) in [5, 5.41) is 1.01. The van der Waals surface area contributed by atoms with Crippen LogP contribution < -0.4 is 0 Å². The highest BCUT2D eigenvalue weighted by molar-refractivity contribution is 6.25. The fourth-order valence-electron chi connectivity index (χ4n) is 3.15. The van der Waals surface area contributed by atoms with E-state index in [1.165, 1.54) is 0 Å². The average molecular weight is 305 g/mol. The Morgan fingerprint density at radius 2 is 1.83 bits per heavy atom. The molecule has 2 aromatic heterocycles. The molecule has 23 heavy (non-hydrogen) atoms. The topological polar surface area (TPSA) is 63.1 Å². The van der Waals surface area contributed by atoms with E-state index in [0.717, 1.165) is 16.5 Å². The Balaban J connectivity index is 1.67. The van der Waals surface area contributed by atoms with Crippen molar-refractivity contribution < 1.29 is 14.0 Å². The minimum atomic E-state index is -0.148. The Bertz CT molecular complexity index is 895. The van der Waals surface area contributed by atoms with E-state index in [-0.39, 0.29) is 23.1 Å². The summed E-state index contributed by atoms with van der Waals surface area (Å²) in [6.45, 7) is 0. The maximum Gasteiger partial charge on any atom is 0.167 e. The van der Waals surface area contributed by atoms with E-state index < -0.39 is 0 Å². The number of benzene rings is 1. The van der Waals surface area contributed by atoms with Crippen LogP contribution in [0, 0.1) is 0 Å². The van der Waals surface area contributed by atoms with Gasteiger partial charge in [-0.1, -0.05) is 18.2 Å². The number of Topliss-reactive ketones (excluding diaryl/α,β-unsaturated/α-hetero) is 2. The molecule has 4 heteroatoms. The van der Waals surface area contributed by atoms with Gasteiger partial charge in [-0.3, -0.25) is 9.59 Å². The van der Waals surface area contributed by atoms with E-state index >= 15 is 0 Å². The molecule has 0 radical (unpaired) electrons. The van der Waals surface area contributed by atoms with Crippen molar-refractivity contribution in [1.29, 1.82) is 0 Å². The minimum Gasteiger partial charge on any atom is -0.469 e. The van der Waals surface area contributed by atoms with Crippen LogP contribution in [0.15, 0.2) is 58.8 Å². The zero-order valence-corrected chi connectivity index (χ0v) is 12.4. The number of para-hydroxylation sites is 1. The van der Waals surface area contributed by atoms with Crippen molar-refractivity contribution in [2.45, 2.75) is 18.8 Å². The molecule has 0 unspecified atom stereocenters. The summed E-state index contributed by atoms with van der Waals surface area (Å²) in [5.41, 5.74) is 2.15. The van der Waals surface area contributed by atoms with Crippen molar-refractivity contribution in [3.8, 4) is 0 Å². The molecule has 0 bridgehead atoms. The smallest absolute Gasteiger partial charge is 0.167 e. The van der Waals surface area contributed by atoms with Gasteiger partial charge in [0, 0.05) is 41.4 Å². The lowest BCUT2D eigenvalue weighted by Gasteiger charge is -2.20. The van der Waals surface area contributed by atoms with Gasteiger partial charge < -0.3 is 9.40 Å². The second-order valence-corrected chi connectivity index (χ2v) is 5.81. The Labute approximate surface area is 132 Å². The van der Waals surface area contributed by atoms with Gasteiger partial charge in [0.25, 0.3) is 0 Å². The summed E-state index contributed by atoms with van der Waals surface area (Å²) in [7, 11) is 0. The van der Waals surface area contributed by atoms with Gasteiger partial charge in [0.15, 0.2) is 11.6 Å². The normalized spacial score (nSPS) is 18.6. The number of furan rings is 1. The van der Waals surface area contributed by atoms with Gasteiger partial charge in [-0.05, 0) is 24.3 Å². The van der Waals surface area contributed by atoms with Gasteiger partial charge in [0.1, 0.15) is 5.76 Å². The number of ketones is 2. The van der Waals surface area contributed by atoms with E-state index in [9.17, 15) is 9.59 Å². The second kappa shape index (κ2) is 5.39. The number of aromatic nitrogens is 1. The summed E-state index contributed by atoms with van der Waals surface area (Å²) in [4.78, 5) is 28.0. The summed E-state index contributed by atoms with van der Waals surface area (Å²) < 4.78 is 5.34. The van der Waals surface area contributed by atoms with Crippen LogP contribution in [0.3, 0.4) is 0 Å². The third kappa shape index (κ3) is 2.42. The zero-order valence-electron chi connectivity index (χ0n) is 12.4. The molecule has 0 saturated heterocycles. The number of rotatable bonds is 2. The van der Waals surface area contributed by atoms with Crippen LogP contribution in [0.25, 0.3) is 17.0 Å². The largest absolute Gasteiger partial charge is 0.469 e. The van der Waals surface area contributed by atoms with Crippen LogP contribution in [-0.4, -0.2) is 16.6 Å². The van der Waals surface area contributed by atoms with E-state index in [0.29, 0.717) is 18.6 Å². The molecule has 2 heterocycles. The molecule has 3 aromatic rings. The van der Waals surface area contributed by atoms with E-state index in [1.54, 1.807) is 18.4 Å². The van der Waals surface area contributed by atoms with Crippen molar-refractivity contribution in [2.75, 3.05) is 0 Å². The molecule has 1 saturated carbocycles. The van der Waals surface area contributed by atoms with Crippen molar-refractivity contribution in [3.05, 3.63) is 65.8 Å². The van der Waals surface area contributed by atoms with Crippen LogP contribution in [0.1, 0.15) is 30.1 Å². The molecule has 1 fully saturated rings. The highest BCUT2D eigenvalue weighted by Crippen LogP contribution is 2.33. The molecule has 0 atom stereocenters. The molecule has 0 aliphatic heterocycles. The monoisotopic (exact) mass is 305 g/mol. The average Bonchev–Trinajstić information content (AvgIpc) is 3.21. The molecule has 1 aromatic carbocycles. The van der Waals surface area contributed by atoms with Crippen molar-refractivity contribution in [1.82, 2.24) is 4.98 Å². The fraction of sp³-hybridized carbons (Fsp3) is 0.158. The molecular weight excluding hydrogens is 290 g/mol. The molecule has 0 spiro atoms. The first-order valence-electron chi connectivity index (χ1n) is 7.60. The third-order valence-electron chi connectivity index (χ3n) is 4.33. The predicted octanol–water partition coefficient (Wildman–Crippen LogP) is 3.86. The number of aromatic amines is 1. The van der Waals surface area contributed by atoms with E-state index in [1.807, 2.05) is 36.5 Å². The first kappa shape index (κ1) is 13.8. The van der Waals surface area contributed by atoms with Gasteiger partial charge in [-0.15, -0.1) is 0 Å². The van der Waals surface area contributed by atoms with Crippen molar-refractivity contribution in [3.63, 3.8) is 0 Å². The van der Waals surface area contributed by atoms with Crippen LogP contribution in [0.5, 0.6) is 0 Å². The number of carbonyl (C=O) groups is 2. The van der Waals surface area contributed by atoms with Gasteiger partial charge >= 0.3 is 0 Å². The lowest BCUT2D eigenvalue weighted by molar-refractivity contribution is -0.124. The standard InChI is InChI=1S/C19H15NO3/c21-17-9-12(19-6-3-7-23-19)10-18(22)15(17)8-13-11-20-16-5-2-1-4-14(13)16/h1-8,11-12,20H,9-10H2. The van der Waals surface area contributed by atoms with Crippen LogP contribution in [-0.2, 0) is 9.59 Å². The molecule has 114 valence electrons. The predicted molar refractivity (Wildman–Crippen MR) is 87.0 cm³/mol. The molecule has 1 N–H and O–H groups in total. The van der Waals surface area contributed by atoms with Crippen molar-refractivity contribution >= 4 is 28.5 Å². The number of H-pyrrole nitrogens is 1. The van der Waals surface area contributed by atoms with Crippen molar-refractivity contribution in [2.24, 2.45) is 0 Å². The highest BCUT2D eigenvalue weighted by atomic mass is 16.3. The third-order valence-corrected chi connectivity index (χ3v) is 4.33. The Morgan fingerprint density at radius 3 is 2.57 bits per heavy atom. The lowest BCUT2D eigenvalue weighted by Crippen LogP contribution is -2.24. The number of hydrogen-bond acceptors (Lipinski definition) is 3. The second-order valence-electron chi connectivity index (χ2n) is 5.81. The first-order chi connectivity index (χ1) is 11.2. The lowest BCUT2D eigenvalue weighted by atomic mass is 9.82. The number of carbonyl (C=O) groups excluding carboxylic acids is 2. The summed E-state index contributed by atoms with van der Waals surface area (Å²) in [5.74, 6) is 0.323. The maximum absolute atomic E-state index is 12.4. The zero-order chi connectivity index (χ0) is 15.8. The minimum absolute atomic E-state index is 0.118. The van der Waals surface area contributed by atoms with Crippen LogP contribution >= 0.6 is 0 Å². The number of allylic oxidation sites excluding steroid dienone is 1. The fourth-order valence-corrected chi connectivity index (χ4v) is 3.15. The summed E-state index contributed by atoms with van der Waals surface area (Å²) >= 11 is 0. The van der Waals surface area contributed by atoms with Crippen LogP contribution in [0.4, 0.5) is 0 Å². The molecular formula is C19H15NO3. The molecule has 1 aliphatic rings. The maximum atomic E-state index is 12.4. The SMILES string of the molecule is O=C1CC(c2ccco2)CC(=O)C1=Cc1c[nH]c2ccccc12. The molecule has 4 rings (SSSR count). The molecule has 4 nitrogen and oxygen atoms in total. The van der Waals surface area contributed by atoms with Gasteiger partial charge in [0.05, 0.1) is 11.8 Å². The number of nitrogens with one attached hydrogen (secondary N) is 1.